The Labute approximate surface area is 193 Å². The number of amides is 1. The first-order valence-electron chi connectivity index (χ1n) is 11.1. The lowest BCUT2D eigenvalue weighted by molar-refractivity contribution is -0.119. The van der Waals surface area contributed by atoms with E-state index in [0.29, 0.717) is 49.1 Å². The fourth-order valence-electron chi connectivity index (χ4n) is 4.66. The highest BCUT2D eigenvalue weighted by atomic mass is 16.6. The maximum atomic E-state index is 12.1. The quantitative estimate of drug-likeness (QED) is 0.678. The van der Waals surface area contributed by atoms with Crippen LogP contribution in [0, 0.1) is 0 Å². The molecule has 1 aliphatic heterocycles. The highest BCUT2D eigenvalue weighted by Crippen LogP contribution is 2.48. The molecule has 33 heavy (non-hydrogen) atoms. The predicted molar refractivity (Wildman–Crippen MR) is 122 cm³/mol. The van der Waals surface area contributed by atoms with Crippen molar-refractivity contribution in [1.29, 1.82) is 0 Å². The second kappa shape index (κ2) is 9.89. The monoisotopic (exact) mass is 457 g/mol. The summed E-state index contributed by atoms with van der Waals surface area (Å²) in [6.07, 6.45) is 6.48. The number of carbonyl (C=O) groups excluding carboxylic acids is 1. The number of hydrogen-bond donors (Lipinski definition) is 2. The summed E-state index contributed by atoms with van der Waals surface area (Å²) in [5.74, 6) is 1.92. The molecule has 1 fully saturated rings. The lowest BCUT2D eigenvalue weighted by Gasteiger charge is -2.22. The van der Waals surface area contributed by atoms with Gasteiger partial charge in [-0.25, -0.2) is 0 Å². The molecule has 1 saturated heterocycles. The van der Waals surface area contributed by atoms with Crippen molar-refractivity contribution < 1.29 is 33.6 Å². The molecule has 2 aliphatic carbocycles. The van der Waals surface area contributed by atoms with Gasteiger partial charge in [0.15, 0.2) is 11.5 Å². The maximum absolute atomic E-state index is 12.1. The van der Waals surface area contributed by atoms with Gasteiger partial charge < -0.3 is 34.1 Å². The molecule has 8 nitrogen and oxygen atoms in total. The van der Waals surface area contributed by atoms with Gasteiger partial charge in [0, 0.05) is 18.9 Å². The van der Waals surface area contributed by atoms with Crippen LogP contribution in [0.2, 0.25) is 0 Å². The molecular formula is C25H31NO7. The van der Waals surface area contributed by atoms with E-state index in [1.54, 1.807) is 27.4 Å². The molecule has 1 aromatic rings. The zero-order valence-electron chi connectivity index (χ0n) is 19.5. The minimum atomic E-state index is -0.926. The number of benzene rings is 1. The van der Waals surface area contributed by atoms with Crippen LogP contribution in [0.4, 0.5) is 0 Å². The summed E-state index contributed by atoms with van der Waals surface area (Å²) in [6, 6.07) is 1.67. The van der Waals surface area contributed by atoms with Crippen molar-refractivity contribution in [3.8, 4) is 17.2 Å². The third-order valence-electron chi connectivity index (χ3n) is 6.17. The lowest BCUT2D eigenvalue weighted by Crippen LogP contribution is -2.34. The Balaban J connectivity index is 1.92. The lowest BCUT2D eigenvalue weighted by atomic mass is 9.93. The number of aliphatic hydroxyl groups excluding tert-OH is 1. The summed E-state index contributed by atoms with van der Waals surface area (Å²) in [5.41, 5.74) is 3.53. The van der Waals surface area contributed by atoms with Crippen molar-refractivity contribution in [2.45, 2.75) is 44.4 Å². The fraction of sp³-hybridized carbons (Fsp3) is 0.480. The fourth-order valence-corrected chi connectivity index (χ4v) is 4.66. The number of methoxy groups -OCH3 is 3. The maximum Gasteiger partial charge on any atom is 0.217 e. The Morgan fingerprint density at radius 1 is 1.15 bits per heavy atom. The standard InChI is InChI=1S/C25H31NO7/c1-14(27)26-19-7-5-15-11-22(29-2)24(30-3)25(31-4)23(15)17-6-8-20(28)21(12-18(17)19)33-16-9-10-32-13-16/h6,8,11-12,16,19-20,28H,5,7,9-10,13H2,1-4H3,(H,26,27)/t16-,19-,20-/m0/s1. The smallest absolute Gasteiger partial charge is 0.217 e. The molecule has 0 saturated carbocycles. The molecule has 0 spiro atoms. The van der Waals surface area contributed by atoms with E-state index in [-0.39, 0.29) is 18.1 Å². The summed E-state index contributed by atoms with van der Waals surface area (Å²) < 4.78 is 28.5. The van der Waals surface area contributed by atoms with E-state index in [1.807, 2.05) is 18.2 Å². The Morgan fingerprint density at radius 2 is 1.94 bits per heavy atom. The molecule has 0 aromatic heterocycles. The van der Waals surface area contributed by atoms with Crippen molar-refractivity contribution in [1.82, 2.24) is 5.32 Å². The van der Waals surface area contributed by atoms with Crippen molar-refractivity contribution in [2.75, 3.05) is 34.5 Å². The molecule has 3 atom stereocenters. The first-order valence-corrected chi connectivity index (χ1v) is 11.1. The predicted octanol–water partition coefficient (Wildman–Crippen LogP) is 2.54. The minimum absolute atomic E-state index is 0.113. The van der Waals surface area contributed by atoms with E-state index in [4.69, 9.17) is 23.7 Å². The van der Waals surface area contributed by atoms with E-state index in [2.05, 4.69) is 5.32 Å². The molecule has 178 valence electrons. The second-order valence-corrected chi connectivity index (χ2v) is 8.29. The molecule has 0 bridgehead atoms. The van der Waals surface area contributed by atoms with Gasteiger partial charge in [-0.15, -0.1) is 0 Å². The van der Waals surface area contributed by atoms with E-state index >= 15 is 0 Å². The minimum Gasteiger partial charge on any atom is -0.493 e. The van der Waals surface area contributed by atoms with E-state index in [9.17, 15) is 9.90 Å². The zero-order chi connectivity index (χ0) is 23.5. The molecule has 8 heteroatoms. The highest BCUT2D eigenvalue weighted by Gasteiger charge is 2.32. The SMILES string of the molecule is COc1cc2c(c(OC)c1OC)C1=C(C=C(O[C@H]3CCOC3)[C@@H](O)C=C1)[C@@H](NC(C)=O)CC2. The van der Waals surface area contributed by atoms with Crippen LogP contribution in [0.3, 0.4) is 0 Å². The number of aliphatic hydroxyl groups is 1. The van der Waals surface area contributed by atoms with Gasteiger partial charge in [-0.2, -0.15) is 0 Å². The largest absolute Gasteiger partial charge is 0.493 e. The van der Waals surface area contributed by atoms with E-state index in [1.165, 1.54) is 6.92 Å². The summed E-state index contributed by atoms with van der Waals surface area (Å²) in [5, 5.41) is 13.9. The third-order valence-corrected chi connectivity index (χ3v) is 6.17. The van der Waals surface area contributed by atoms with Gasteiger partial charge in [0.25, 0.3) is 0 Å². The molecule has 0 radical (unpaired) electrons. The molecule has 2 N–H and O–H groups in total. The summed E-state index contributed by atoms with van der Waals surface area (Å²) in [4.78, 5) is 12.1. The highest BCUT2D eigenvalue weighted by molar-refractivity contribution is 5.88. The molecule has 1 heterocycles. The van der Waals surface area contributed by atoms with Gasteiger partial charge in [0.2, 0.25) is 11.7 Å². The number of rotatable bonds is 6. The average molecular weight is 458 g/mol. The van der Waals surface area contributed by atoms with Gasteiger partial charge in [0.1, 0.15) is 18.0 Å². The number of hydrogen-bond acceptors (Lipinski definition) is 7. The molecule has 4 rings (SSSR count). The van der Waals surface area contributed by atoms with Crippen LogP contribution in [-0.2, 0) is 20.7 Å². The number of carbonyl (C=O) groups is 1. The Bertz CT molecular complexity index is 1000. The van der Waals surface area contributed by atoms with Crippen LogP contribution < -0.4 is 19.5 Å². The van der Waals surface area contributed by atoms with Crippen LogP contribution in [0.15, 0.2) is 35.6 Å². The van der Waals surface area contributed by atoms with Gasteiger partial charge in [0.05, 0.1) is 40.6 Å². The van der Waals surface area contributed by atoms with Gasteiger partial charge in [-0.1, -0.05) is 6.08 Å². The topological polar surface area (TPSA) is 95.5 Å². The van der Waals surface area contributed by atoms with Crippen molar-refractivity contribution in [2.24, 2.45) is 0 Å². The van der Waals surface area contributed by atoms with E-state index < -0.39 is 6.10 Å². The van der Waals surface area contributed by atoms with Crippen molar-refractivity contribution >= 4 is 11.5 Å². The summed E-state index contributed by atoms with van der Waals surface area (Å²) >= 11 is 0. The second-order valence-electron chi connectivity index (χ2n) is 8.29. The van der Waals surface area contributed by atoms with Crippen molar-refractivity contribution in [3.05, 3.63) is 46.8 Å². The first-order chi connectivity index (χ1) is 16.0. The Kier molecular flexibility index (Phi) is 6.95. The van der Waals surface area contributed by atoms with Gasteiger partial charge >= 0.3 is 0 Å². The number of aryl methyl sites for hydroxylation is 1. The molecule has 1 amide bonds. The van der Waals surface area contributed by atoms with Crippen LogP contribution in [0.25, 0.3) is 5.57 Å². The van der Waals surface area contributed by atoms with Crippen LogP contribution in [0.5, 0.6) is 17.2 Å². The third kappa shape index (κ3) is 4.58. The van der Waals surface area contributed by atoms with Gasteiger partial charge in [-0.05, 0) is 47.8 Å². The first kappa shape index (κ1) is 23.2. The molecule has 0 unspecified atom stereocenters. The molecule has 1 aromatic carbocycles. The van der Waals surface area contributed by atoms with Crippen LogP contribution in [-0.4, -0.2) is 63.8 Å². The Hall–Kier alpha value is -2.97. The van der Waals surface area contributed by atoms with Gasteiger partial charge in [-0.3, -0.25) is 4.79 Å². The van der Waals surface area contributed by atoms with E-state index in [0.717, 1.165) is 28.7 Å². The number of ether oxygens (including phenoxy) is 5. The van der Waals surface area contributed by atoms with Crippen LogP contribution >= 0.6 is 0 Å². The van der Waals surface area contributed by atoms with Crippen LogP contribution in [0.1, 0.15) is 30.9 Å². The molecular weight excluding hydrogens is 426 g/mol. The molecule has 3 aliphatic rings. The summed E-state index contributed by atoms with van der Waals surface area (Å²) in [6.45, 7) is 2.63. The summed E-state index contributed by atoms with van der Waals surface area (Å²) in [7, 11) is 4.75. The number of allylic oxidation sites excluding steroid dienone is 2. The average Bonchev–Trinajstić information content (AvgIpc) is 3.21. The van der Waals surface area contributed by atoms with Crippen molar-refractivity contribution in [3.63, 3.8) is 0 Å². The normalized spacial score (nSPS) is 24.2. The number of fused-ring (bicyclic) bond motifs is 2. The number of nitrogens with one attached hydrogen (secondary N) is 1. The Morgan fingerprint density at radius 3 is 2.58 bits per heavy atom. The zero-order valence-corrected chi connectivity index (χ0v) is 19.5.